The number of ether oxygens (including phenoxy) is 1. The van der Waals surface area contributed by atoms with Crippen molar-refractivity contribution in [2.24, 2.45) is 0 Å². The topological polar surface area (TPSA) is 56.3 Å². The monoisotopic (exact) mass is 317 g/mol. The average Bonchev–Trinajstić information content (AvgIpc) is 3.10. The number of carbonyl (C=O) groups is 2. The summed E-state index contributed by atoms with van der Waals surface area (Å²) in [6.45, 7) is 1.43. The van der Waals surface area contributed by atoms with Gasteiger partial charge in [0.1, 0.15) is 9.88 Å². The number of methoxy groups -OCH3 is 1. The molecule has 0 saturated carbocycles. The second-order valence-electron chi connectivity index (χ2n) is 4.39. The molecule has 3 rings (SSSR count). The number of esters is 1. The number of aromatic nitrogens is 1. The first-order chi connectivity index (χ1) is 10.1. The molecule has 2 heterocycles. The number of Topliss-reactive ketones (excluding diaryl/α,β-unsaturated/α-hetero) is 1. The van der Waals surface area contributed by atoms with E-state index in [2.05, 4.69) is 4.98 Å². The van der Waals surface area contributed by atoms with Crippen LogP contribution < -0.4 is 0 Å². The van der Waals surface area contributed by atoms with E-state index in [0.717, 1.165) is 15.6 Å². The van der Waals surface area contributed by atoms with E-state index in [0.29, 0.717) is 9.88 Å². The van der Waals surface area contributed by atoms with Gasteiger partial charge in [-0.1, -0.05) is 18.2 Å². The molecule has 0 aliphatic carbocycles. The highest BCUT2D eigenvalue weighted by atomic mass is 32.1. The van der Waals surface area contributed by atoms with Crippen LogP contribution in [0, 0.1) is 0 Å². The van der Waals surface area contributed by atoms with Gasteiger partial charge < -0.3 is 4.74 Å². The molecule has 3 aromatic rings. The number of carbonyl (C=O) groups excluding carboxylic acids is 2. The average molecular weight is 317 g/mol. The van der Waals surface area contributed by atoms with Crippen LogP contribution in [0.5, 0.6) is 0 Å². The molecule has 0 amide bonds. The van der Waals surface area contributed by atoms with Gasteiger partial charge >= 0.3 is 5.97 Å². The predicted octanol–water partition coefficient (Wildman–Crippen LogP) is 4.01. The van der Waals surface area contributed by atoms with E-state index in [1.807, 2.05) is 29.6 Å². The van der Waals surface area contributed by atoms with Crippen molar-refractivity contribution in [1.82, 2.24) is 4.98 Å². The van der Waals surface area contributed by atoms with E-state index in [1.165, 1.54) is 25.4 Å². The Morgan fingerprint density at radius 2 is 2.00 bits per heavy atom. The van der Waals surface area contributed by atoms with Crippen molar-refractivity contribution in [3.05, 3.63) is 40.2 Å². The number of benzene rings is 1. The molecule has 0 unspecified atom stereocenters. The van der Waals surface area contributed by atoms with Crippen molar-refractivity contribution >= 4 is 44.5 Å². The molecule has 21 heavy (non-hydrogen) atoms. The van der Waals surface area contributed by atoms with Crippen LogP contribution in [0.4, 0.5) is 0 Å². The molecule has 0 fully saturated rings. The minimum absolute atomic E-state index is 0.0975. The standard InChI is InChI=1S/C15H11NO3S2/c1-8(17)13-12(15(18)19-2)16-14(21-13)10-7-20-11-6-4-3-5-9(10)11/h3-7H,1-2H3. The van der Waals surface area contributed by atoms with E-state index < -0.39 is 5.97 Å². The molecule has 0 bridgehead atoms. The number of fused-ring (bicyclic) bond motifs is 1. The maximum absolute atomic E-state index is 11.8. The molecule has 0 radical (unpaired) electrons. The third-order valence-corrected chi connectivity index (χ3v) is 5.19. The zero-order chi connectivity index (χ0) is 15.0. The number of nitrogens with zero attached hydrogens (tertiary/aromatic N) is 1. The Bertz CT molecular complexity index is 848. The Morgan fingerprint density at radius 3 is 2.71 bits per heavy atom. The first-order valence-corrected chi connectivity index (χ1v) is 7.88. The van der Waals surface area contributed by atoms with Crippen molar-refractivity contribution in [2.75, 3.05) is 7.11 Å². The number of hydrogen-bond donors (Lipinski definition) is 0. The maximum Gasteiger partial charge on any atom is 0.358 e. The lowest BCUT2D eigenvalue weighted by Crippen LogP contribution is -2.06. The Balaban J connectivity index is 2.19. The van der Waals surface area contributed by atoms with E-state index in [9.17, 15) is 9.59 Å². The maximum atomic E-state index is 11.8. The second kappa shape index (κ2) is 5.38. The van der Waals surface area contributed by atoms with Crippen LogP contribution in [0.3, 0.4) is 0 Å². The third kappa shape index (κ3) is 2.36. The summed E-state index contributed by atoms with van der Waals surface area (Å²) in [6, 6.07) is 7.97. The molecule has 4 nitrogen and oxygen atoms in total. The molecule has 6 heteroatoms. The van der Waals surface area contributed by atoms with Crippen molar-refractivity contribution in [1.29, 1.82) is 0 Å². The minimum Gasteiger partial charge on any atom is -0.464 e. The highest BCUT2D eigenvalue weighted by Crippen LogP contribution is 2.37. The third-order valence-electron chi connectivity index (χ3n) is 3.04. The van der Waals surface area contributed by atoms with E-state index in [1.54, 1.807) is 11.3 Å². The molecule has 2 aromatic heterocycles. The molecule has 0 saturated heterocycles. The molecular weight excluding hydrogens is 306 g/mol. The fraction of sp³-hybridized carbons (Fsp3) is 0.133. The molecule has 0 aliphatic heterocycles. The Morgan fingerprint density at radius 1 is 1.24 bits per heavy atom. The molecule has 106 valence electrons. The summed E-state index contributed by atoms with van der Waals surface area (Å²) in [4.78, 5) is 28.1. The Kier molecular flexibility index (Phi) is 3.57. The first-order valence-electron chi connectivity index (χ1n) is 6.18. The van der Waals surface area contributed by atoms with Crippen LogP contribution in [0.25, 0.3) is 20.7 Å². The fourth-order valence-corrected chi connectivity index (χ4v) is 4.05. The number of thiophene rings is 1. The summed E-state index contributed by atoms with van der Waals surface area (Å²) in [7, 11) is 1.28. The van der Waals surface area contributed by atoms with Crippen molar-refractivity contribution in [3.63, 3.8) is 0 Å². The summed E-state index contributed by atoms with van der Waals surface area (Å²) >= 11 is 2.84. The van der Waals surface area contributed by atoms with Crippen molar-refractivity contribution < 1.29 is 14.3 Å². The zero-order valence-corrected chi connectivity index (χ0v) is 13.0. The Hall–Kier alpha value is -2.05. The van der Waals surface area contributed by atoms with Crippen LogP contribution >= 0.6 is 22.7 Å². The zero-order valence-electron chi connectivity index (χ0n) is 11.4. The number of hydrogen-bond acceptors (Lipinski definition) is 6. The molecule has 0 N–H and O–H groups in total. The van der Waals surface area contributed by atoms with Crippen molar-refractivity contribution in [3.8, 4) is 10.6 Å². The molecule has 0 aliphatic rings. The summed E-state index contributed by atoms with van der Waals surface area (Å²) in [5, 5.41) is 3.73. The van der Waals surface area contributed by atoms with Crippen molar-refractivity contribution in [2.45, 2.75) is 6.92 Å². The van der Waals surface area contributed by atoms with Crippen LogP contribution in [0.15, 0.2) is 29.6 Å². The van der Waals surface area contributed by atoms with Crippen LogP contribution in [0.2, 0.25) is 0 Å². The number of thiazole rings is 1. The molecule has 1 aromatic carbocycles. The predicted molar refractivity (Wildman–Crippen MR) is 84.3 cm³/mol. The Labute approximate surface area is 129 Å². The lowest BCUT2D eigenvalue weighted by Gasteiger charge is -1.95. The van der Waals surface area contributed by atoms with Crippen LogP contribution in [0.1, 0.15) is 27.1 Å². The van der Waals surface area contributed by atoms with Gasteiger partial charge in [0, 0.05) is 28.0 Å². The second-order valence-corrected chi connectivity index (χ2v) is 6.30. The fourth-order valence-electron chi connectivity index (χ4n) is 2.05. The van der Waals surface area contributed by atoms with Crippen LogP contribution in [-0.4, -0.2) is 23.8 Å². The largest absolute Gasteiger partial charge is 0.464 e. The summed E-state index contributed by atoms with van der Waals surface area (Å²) < 4.78 is 5.85. The summed E-state index contributed by atoms with van der Waals surface area (Å²) in [5.74, 6) is -0.763. The minimum atomic E-state index is -0.581. The number of ketones is 1. The van der Waals surface area contributed by atoms with Gasteiger partial charge in [0.25, 0.3) is 0 Å². The number of rotatable bonds is 3. The molecule has 0 atom stereocenters. The first kappa shape index (κ1) is 13.9. The quantitative estimate of drug-likeness (QED) is 0.541. The normalized spacial score (nSPS) is 10.8. The van der Waals surface area contributed by atoms with Crippen LogP contribution in [-0.2, 0) is 4.74 Å². The lowest BCUT2D eigenvalue weighted by atomic mass is 10.2. The van der Waals surface area contributed by atoms with Gasteiger partial charge in [-0.05, 0) is 6.07 Å². The van der Waals surface area contributed by atoms with Gasteiger partial charge in [0.15, 0.2) is 11.5 Å². The van der Waals surface area contributed by atoms with E-state index in [4.69, 9.17) is 4.74 Å². The highest BCUT2D eigenvalue weighted by molar-refractivity contribution is 7.20. The van der Waals surface area contributed by atoms with Gasteiger partial charge in [-0.15, -0.1) is 22.7 Å². The summed E-state index contributed by atoms with van der Waals surface area (Å²) in [6.07, 6.45) is 0. The summed E-state index contributed by atoms with van der Waals surface area (Å²) in [5.41, 5.74) is 1.04. The van der Waals surface area contributed by atoms with Gasteiger partial charge in [-0.25, -0.2) is 9.78 Å². The van der Waals surface area contributed by atoms with E-state index in [-0.39, 0.29) is 11.5 Å². The SMILES string of the molecule is COC(=O)c1nc(-c2csc3ccccc23)sc1C(C)=O. The lowest BCUT2D eigenvalue weighted by molar-refractivity contribution is 0.0591. The smallest absolute Gasteiger partial charge is 0.358 e. The van der Waals surface area contributed by atoms with Gasteiger partial charge in [0.2, 0.25) is 0 Å². The molecular formula is C15H11NO3S2. The molecule has 0 spiro atoms. The van der Waals surface area contributed by atoms with Gasteiger partial charge in [-0.2, -0.15) is 0 Å². The van der Waals surface area contributed by atoms with E-state index >= 15 is 0 Å². The van der Waals surface area contributed by atoms with Gasteiger partial charge in [0.05, 0.1) is 7.11 Å². The highest BCUT2D eigenvalue weighted by Gasteiger charge is 2.23. The van der Waals surface area contributed by atoms with Gasteiger partial charge in [-0.3, -0.25) is 4.79 Å².